The molecule has 1 fully saturated rings. The van der Waals surface area contributed by atoms with Crippen LogP contribution in [0.4, 0.5) is 0 Å². The Balaban J connectivity index is 1.55. The minimum atomic E-state index is -0.721. The minimum Gasteiger partial charge on any atom is -0.481 e. The van der Waals surface area contributed by atoms with Crippen LogP contribution < -0.4 is 0 Å². The van der Waals surface area contributed by atoms with Gasteiger partial charge in [-0.05, 0) is 29.8 Å². The van der Waals surface area contributed by atoms with E-state index in [0.29, 0.717) is 6.04 Å². The molecule has 27 heavy (non-hydrogen) atoms. The Morgan fingerprint density at radius 1 is 0.926 bits per heavy atom. The molecule has 1 aliphatic rings. The van der Waals surface area contributed by atoms with Crippen LogP contribution in [0.15, 0.2) is 60.7 Å². The van der Waals surface area contributed by atoms with E-state index in [1.165, 1.54) is 22.9 Å². The zero-order valence-corrected chi connectivity index (χ0v) is 16.5. The summed E-state index contributed by atoms with van der Waals surface area (Å²) in [5.74, 6) is 0.411. The van der Waals surface area contributed by atoms with E-state index in [-0.39, 0.29) is 5.75 Å². The molecule has 0 spiro atoms. The molecule has 1 saturated heterocycles. The van der Waals surface area contributed by atoms with Crippen molar-refractivity contribution in [2.24, 2.45) is 0 Å². The lowest BCUT2D eigenvalue weighted by atomic mass is 9.96. The molecule has 1 heterocycles. The maximum atomic E-state index is 10.6. The number of piperazine rings is 1. The standard InChI is InChI=1S/C22H28N2O2S/c25-21(26)18-27-17-7-12-23-13-15-24(16-14-23)22(19-8-3-1-4-9-19)20-10-5-2-6-11-20/h1-6,8-11,22H,7,12-18H2,(H,25,26). The van der Waals surface area contributed by atoms with Crippen molar-refractivity contribution >= 4 is 17.7 Å². The number of hydrogen-bond donors (Lipinski definition) is 1. The summed E-state index contributed by atoms with van der Waals surface area (Å²) in [6.07, 6.45) is 1.05. The molecule has 0 saturated carbocycles. The summed E-state index contributed by atoms with van der Waals surface area (Å²) in [5, 5.41) is 8.69. The number of benzene rings is 2. The first kappa shape index (κ1) is 19.9. The lowest BCUT2D eigenvalue weighted by molar-refractivity contribution is -0.133. The first-order chi connectivity index (χ1) is 13.2. The Morgan fingerprint density at radius 2 is 1.48 bits per heavy atom. The van der Waals surface area contributed by atoms with Gasteiger partial charge < -0.3 is 10.0 Å². The van der Waals surface area contributed by atoms with Gasteiger partial charge in [-0.1, -0.05) is 60.7 Å². The Bertz CT molecular complexity index is 648. The van der Waals surface area contributed by atoms with Crippen LogP contribution in [-0.4, -0.2) is 65.1 Å². The Kier molecular flexibility index (Phi) is 7.75. The van der Waals surface area contributed by atoms with Gasteiger partial charge in [-0.3, -0.25) is 9.69 Å². The average Bonchev–Trinajstić information content (AvgIpc) is 2.70. The van der Waals surface area contributed by atoms with Gasteiger partial charge in [-0.2, -0.15) is 11.8 Å². The summed E-state index contributed by atoms with van der Waals surface area (Å²) in [5.41, 5.74) is 2.70. The molecule has 0 radical (unpaired) electrons. The summed E-state index contributed by atoms with van der Waals surface area (Å²) in [6.45, 7) is 5.30. The number of carboxylic acid groups (broad SMARTS) is 1. The number of rotatable bonds is 9. The molecule has 0 atom stereocenters. The average molecular weight is 385 g/mol. The van der Waals surface area contributed by atoms with Crippen molar-refractivity contribution in [1.82, 2.24) is 9.80 Å². The summed E-state index contributed by atoms with van der Waals surface area (Å²) in [6, 6.07) is 21.8. The van der Waals surface area contributed by atoms with E-state index in [9.17, 15) is 4.79 Å². The molecule has 1 N–H and O–H groups in total. The van der Waals surface area contributed by atoms with Crippen LogP contribution in [0.1, 0.15) is 23.6 Å². The first-order valence-corrected chi connectivity index (χ1v) is 10.8. The van der Waals surface area contributed by atoms with E-state index in [2.05, 4.69) is 70.5 Å². The highest BCUT2D eigenvalue weighted by molar-refractivity contribution is 7.99. The van der Waals surface area contributed by atoms with Gasteiger partial charge in [0.15, 0.2) is 0 Å². The van der Waals surface area contributed by atoms with Crippen molar-refractivity contribution in [1.29, 1.82) is 0 Å². The summed E-state index contributed by atoms with van der Waals surface area (Å²) < 4.78 is 0. The van der Waals surface area contributed by atoms with E-state index in [1.54, 1.807) is 0 Å². The Morgan fingerprint density at radius 3 is 2.00 bits per heavy atom. The van der Waals surface area contributed by atoms with Gasteiger partial charge in [0.25, 0.3) is 0 Å². The molecule has 5 heteroatoms. The van der Waals surface area contributed by atoms with Crippen molar-refractivity contribution in [2.75, 3.05) is 44.2 Å². The topological polar surface area (TPSA) is 43.8 Å². The van der Waals surface area contributed by atoms with Gasteiger partial charge in [0.05, 0.1) is 11.8 Å². The second-order valence-electron chi connectivity index (χ2n) is 6.90. The second-order valence-corrected chi connectivity index (χ2v) is 8.01. The quantitative estimate of drug-likeness (QED) is 0.669. The number of hydrogen-bond acceptors (Lipinski definition) is 4. The number of aliphatic carboxylic acids is 1. The molecule has 1 aliphatic heterocycles. The highest BCUT2D eigenvalue weighted by Crippen LogP contribution is 2.29. The molecule has 0 aliphatic carbocycles. The zero-order chi connectivity index (χ0) is 18.9. The van der Waals surface area contributed by atoms with Crippen molar-refractivity contribution < 1.29 is 9.90 Å². The van der Waals surface area contributed by atoms with Gasteiger partial charge in [-0.15, -0.1) is 0 Å². The van der Waals surface area contributed by atoms with Crippen molar-refractivity contribution in [3.63, 3.8) is 0 Å². The predicted octanol–water partition coefficient (Wildman–Crippen LogP) is 3.60. The van der Waals surface area contributed by atoms with E-state index in [4.69, 9.17) is 5.11 Å². The Labute approximate surface area is 166 Å². The monoisotopic (exact) mass is 384 g/mol. The molecule has 0 bridgehead atoms. The van der Waals surface area contributed by atoms with E-state index in [0.717, 1.165) is 44.9 Å². The van der Waals surface area contributed by atoms with Crippen molar-refractivity contribution in [3.05, 3.63) is 71.8 Å². The normalized spacial score (nSPS) is 15.9. The first-order valence-electron chi connectivity index (χ1n) is 9.60. The van der Waals surface area contributed by atoms with Gasteiger partial charge >= 0.3 is 5.97 Å². The molecule has 0 aromatic heterocycles. The van der Waals surface area contributed by atoms with Gasteiger partial charge in [-0.25, -0.2) is 0 Å². The largest absolute Gasteiger partial charge is 0.481 e. The van der Waals surface area contributed by atoms with Gasteiger partial charge in [0.1, 0.15) is 0 Å². The third kappa shape index (κ3) is 6.09. The lowest BCUT2D eigenvalue weighted by Gasteiger charge is -2.39. The highest BCUT2D eigenvalue weighted by Gasteiger charge is 2.25. The lowest BCUT2D eigenvalue weighted by Crippen LogP contribution is -2.48. The van der Waals surface area contributed by atoms with Crippen molar-refractivity contribution in [2.45, 2.75) is 12.5 Å². The van der Waals surface area contributed by atoms with Crippen LogP contribution in [0.5, 0.6) is 0 Å². The SMILES string of the molecule is O=C(O)CSCCCN1CCN(C(c2ccccc2)c2ccccc2)CC1. The minimum absolute atomic E-state index is 0.212. The van der Waals surface area contributed by atoms with Gasteiger partial charge in [0, 0.05) is 26.2 Å². The molecule has 144 valence electrons. The summed E-state index contributed by atoms with van der Waals surface area (Å²) >= 11 is 1.51. The fraction of sp³-hybridized carbons (Fsp3) is 0.409. The zero-order valence-electron chi connectivity index (χ0n) is 15.7. The van der Waals surface area contributed by atoms with Crippen LogP contribution in [0.2, 0.25) is 0 Å². The molecule has 4 nitrogen and oxygen atoms in total. The number of carboxylic acids is 1. The predicted molar refractivity (Wildman–Crippen MR) is 112 cm³/mol. The highest BCUT2D eigenvalue weighted by atomic mass is 32.2. The van der Waals surface area contributed by atoms with Crippen LogP contribution in [0.25, 0.3) is 0 Å². The number of carbonyl (C=O) groups is 1. The maximum absolute atomic E-state index is 10.6. The molecule has 3 rings (SSSR count). The van der Waals surface area contributed by atoms with Crippen LogP contribution in [-0.2, 0) is 4.79 Å². The summed E-state index contributed by atoms with van der Waals surface area (Å²) in [4.78, 5) is 15.6. The molecule has 2 aromatic rings. The van der Waals surface area contributed by atoms with Gasteiger partial charge in [0.2, 0.25) is 0 Å². The molecule has 2 aromatic carbocycles. The molecule has 0 amide bonds. The number of nitrogens with zero attached hydrogens (tertiary/aromatic N) is 2. The molecular formula is C22H28N2O2S. The smallest absolute Gasteiger partial charge is 0.313 e. The number of thioether (sulfide) groups is 1. The third-order valence-electron chi connectivity index (χ3n) is 4.99. The third-order valence-corrected chi connectivity index (χ3v) is 6.02. The van der Waals surface area contributed by atoms with Crippen LogP contribution in [0.3, 0.4) is 0 Å². The van der Waals surface area contributed by atoms with E-state index < -0.39 is 5.97 Å². The Hall–Kier alpha value is -1.82. The molecular weight excluding hydrogens is 356 g/mol. The summed E-state index contributed by atoms with van der Waals surface area (Å²) in [7, 11) is 0. The van der Waals surface area contributed by atoms with Crippen molar-refractivity contribution in [3.8, 4) is 0 Å². The second kappa shape index (κ2) is 10.5. The maximum Gasteiger partial charge on any atom is 0.313 e. The van der Waals surface area contributed by atoms with Crippen LogP contribution in [0, 0.1) is 0 Å². The molecule has 0 unspecified atom stereocenters. The fourth-order valence-electron chi connectivity index (χ4n) is 3.68. The van der Waals surface area contributed by atoms with E-state index in [1.807, 2.05) is 0 Å². The fourth-order valence-corrected chi connectivity index (χ4v) is 4.33. The van der Waals surface area contributed by atoms with E-state index >= 15 is 0 Å². The van der Waals surface area contributed by atoms with Crippen LogP contribution >= 0.6 is 11.8 Å².